The summed E-state index contributed by atoms with van der Waals surface area (Å²) in [6, 6.07) is 7.07. The zero-order chi connectivity index (χ0) is 12.0. The lowest BCUT2D eigenvalue weighted by molar-refractivity contribution is -0.114. The van der Waals surface area contributed by atoms with Gasteiger partial charge in [0.05, 0.1) is 0 Å². The molecule has 1 amide bonds. The van der Waals surface area contributed by atoms with Crippen molar-refractivity contribution in [1.29, 1.82) is 0 Å². The van der Waals surface area contributed by atoms with Crippen molar-refractivity contribution in [2.24, 2.45) is 0 Å². The molecular weight excluding hydrogens is 202 g/mol. The maximum absolute atomic E-state index is 11.1. The van der Waals surface area contributed by atoms with Crippen molar-refractivity contribution < 1.29 is 9.59 Å². The van der Waals surface area contributed by atoms with Crippen LogP contribution >= 0.6 is 0 Å². The SMILES string of the molecule is C=CC(=O)Cc1ccc(NC(=O)C=C)cc1. The molecule has 0 saturated heterocycles. The van der Waals surface area contributed by atoms with Crippen molar-refractivity contribution in [2.75, 3.05) is 5.32 Å². The number of carbonyl (C=O) groups excluding carboxylic acids is 2. The zero-order valence-corrected chi connectivity index (χ0v) is 8.90. The van der Waals surface area contributed by atoms with Crippen molar-refractivity contribution in [3.05, 3.63) is 55.1 Å². The molecule has 0 saturated carbocycles. The van der Waals surface area contributed by atoms with Gasteiger partial charge in [0.25, 0.3) is 0 Å². The standard InChI is InChI=1S/C13H13NO2/c1-3-12(15)9-10-5-7-11(8-6-10)14-13(16)4-2/h3-8H,1-2,9H2,(H,14,16). The predicted molar refractivity (Wildman–Crippen MR) is 64.2 cm³/mol. The highest BCUT2D eigenvalue weighted by Crippen LogP contribution is 2.10. The second kappa shape index (κ2) is 5.66. The lowest BCUT2D eigenvalue weighted by atomic mass is 10.1. The minimum absolute atomic E-state index is 0.0251. The van der Waals surface area contributed by atoms with Crippen LogP contribution in [0.3, 0.4) is 0 Å². The Morgan fingerprint density at radius 2 is 1.75 bits per heavy atom. The fourth-order valence-electron chi connectivity index (χ4n) is 1.17. The molecule has 0 fully saturated rings. The Morgan fingerprint density at radius 1 is 1.12 bits per heavy atom. The third-order valence-corrected chi connectivity index (χ3v) is 2.01. The second-order valence-electron chi connectivity index (χ2n) is 3.24. The van der Waals surface area contributed by atoms with E-state index in [9.17, 15) is 9.59 Å². The smallest absolute Gasteiger partial charge is 0.247 e. The first-order valence-electron chi connectivity index (χ1n) is 4.83. The lowest BCUT2D eigenvalue weighted by Gasteiger charge is -2.03. The van der Waals surface area contributed by atoms with Gasteiger partial charge >= 0.3 is 0 Å². The van der Waals surface area contributed by atoms with Crippen LogP contribution in [0, 0.1) is 0 Å². The number of ketones is 1. The molecule has 3 nitrogen and oxygen atoms in total. The average Bonchev–Trinajstić information content (AvgIpc) is 2.31. The Bertz CT molecular complexity index is 377. The quantitative estimate of drug-likeness (QED) is 0.764. The fraction of sp³-hybridized carbons (Fsp3) is 0.0769. The molecule has 16 heavy (non-hydrogen) atoms. The van der Waals surface area contributed by atoms with E-state index in [1.54, 1.807) is 24.3 Å². The summed E-state index contributed by atoms with van der Waals surface area (Å²) in [5.74, 6) is -0.280. The topological polar surface area (TPSA) is 46.2 Å². The number of anilines is 1. The number of rotatable bonds is 5. The predicted octanol–water partition coefficient (Wildman–Crippen LogP) is 2.11. The number of benzene rings is 1. The first-order valence-corrected chi connectivity index (χ1v) is 4.83. The number of hydrogen-bond donors (Lipinski definition) is 1. The van der Waals surface area contributed by atoms with Crippen molar-refractivity contribution in [1.82, 2.24) is 0 Å². The van der Waals surface area contributed by atoms with Gasteiger partial charge in [-0.3, -0.25) is 9.59 Å². The Hall–Kier alpha value is -2.16. The van der Waals surface area contributed by atoms with Gasteiger partial charge in [0.15, 0.2) is 5.78 Å². The molecule has 0 atom stereocenters. The molecule has 0 radical (unpaired) electrons. The molecular formula is C13H13NO2. The van der Waals surface area contributed by atoms with Gasteiger partial charge in [-0.2, -0.15) is 0 Å². The third kappa shape index (κ3) is 3.53. The summed E-state index contributed by atoms with van der Waals surface area (Å²) < 4.78 is 0. The van der Waals surface area contributed by atoms with Crippen molar-refractivity contribution in [2.45, 2.75) is 6.42 Å². The fourth-order valence-corrected chi connectivity index (χ4v) is 1.17. The highest BCUT2D eigenvalue weighted by Gasteiger charge is 2.00. The summed E-state index contributed by atoms with van der Waals surface area (Å²) in [4.78, 5) is 22.1. The number of amides is 1. The van der Waals surface area contributed by atoms with Gasteiger partial charge in [-0.25, -0.2) is 0 Å². The minimum atomic E-state index is -0.255. The van der Waals surface area contributed by atoms with Crippen LogP contribution in [0.15, 0.2) is 49.6 Å². The van der Waals surface area contributed by atoms with Crippen molar-refractivity contribution in [3.63, 3.8) is 0 Å². The summed E-state index contributed by atoms with van der Waals surface area (Å²) in [7, 11) is 0. The molecule has 0 bridgehead atoms. The van der Waals surface area contributed by atoms with Crippen molar-refractivity contribution in [3.8, 4) is 0 Å². The van der Waals surface area contributed by atoms with E-state index < -0.39 is 0 Å². The molecule has 0 aromatic heterocycles. The highest BCUT2D eigenvalue weighted by molar-refractivity contribution is 5.98. The van der Waals surface area contributed by atoms with Crippen LogP contribution in [-0.4, -0.2) is 11.7 Å². The van der Waals surface area contributed by atoms with E-state index in [2.05, 4.69) is 18.5 Å². The first kappa shape index (κ1) is 11.9. The molecule has 1 rings (SSSR count). The highest BCUT2D eigenvalue weighted by atomic mass is 16.1. The summed E-state index contributed by atoms with van der Waals surface area (Å²) in [6.45, 7) is 6.76. The van der Waals surface area contributed by atoms with Crippen LogP contribution in [0.4, 0.5) is 5.69 Å². The van der Waals surface area contributed by atoms with Gasteiger partial charge in [0.2, 0.25) is 5.91 Å². The lowest BCUT2D eigenvalue weighted by Crippen LogP contribution is -2.07. The van der Waals surface area contributed by atoms with Crippen LogP contribution in [0.2, 0.25) is 0 Å². The van der Waals surface area contributed by atoms with Crippen LogP contribution in [0.25, 0.3) is 0 Å². The Morgan fingerprint density at radius 3 is 2.25 bits per heavy atom. The van der Waals surface area contributed by atoms with Gasteiger partial charge in [0, 0.05) is 12.1 Å². The Labute approximate surface area is 94.5 Å². The summed E-state index contributed by atoms with van der Waals surface area (Å²) >= 11 is 0. The largest absolute Gasteiger partial charge is 0.323 e. The Balaban J connectivity index is 2.67. The van der Waals surface area contributed by atoms with E-state index >= 15 is 0 Å². The summed E-state index contributed by atoms with van der Waals surface area (Å²) in [5, 5.41) is 2.62. The molecule has 0 aliphatic heterocycles. The molecule has 0 spiro atoms. The van der Waals surface area contributed by atoms with E-state index in [1.165, 1.54) is 12.2 Å². The Kier molecular flexibility index (Phi) is 4.21. The van der Waals surface area contributed by atoms with Crippen LogP contribution < -0.4 is 5.32 Å². The average molecular weight is 215 g/mol. The number of nitrogens with one attached hydrogen (secondary N) is 1. The van der Waals surface area contributed by atoms with Gasteiger partial charge < -0.3 is 5.32 Å². The summed E-state index contributed by atoms with van der Waals surface area (Å²) in [5.41, 5.74) is 1.57. The van der Waals surface area contributed by atoms with Gasteiger partial charge in [0.1, 0.15) is 0 Å². The monoisotopic (exact) mass is 215 g/mol. The second-order valence-corrected chi connectivity index (χ2v) is 3.24. The molecule has 1 aromatic carbocycles. The van der Waals surface area contributed by atoms with Gasteiger partial charge in [-0.1, -0.05) is 25.3 Å². The van der Waals surface area contributed by atoms with Crippen LogP contribution in [0.1, 0.15) is 5.56 Å². The van der Waals surface area contributed by atoms with E-state index in [0.717, 1.165) is 5.56 Å². The van der Waals surface area contributed by atoms with Crippen molar-refractivity contribution >= 4 is 17.4 Å². The maximum Gasteiger partial charge on any atom is 0.247 e. The molecule has 0 heterocycles. The van der Waals surface area contributed by atoms with E-state index in [-0.39, 0.29) is 11.7 Å². The molecule has 82 valence electrons. The third-order valence-electron chi connectivity index (χ3n) is 2.01. The van der Waals surface area contributed by atoms with E-state index in [4.69, 9.17) is 0 Å². The zero-order valence-electron chi connectivity index (χ0n) is 8.90. The van der Waals surface area contributed by atoms with Crippen LogP contribution in [-0.2, 0) is 16.0 Å². The summed E-state index contributed by atoms with van der Waals surface area (Å²) in [6.07, 6.45) is 2.84. The number of hydrogen-bond acceptors (Lipinski definition) is 2. The normalized spacial score (nSPS) is 9.25. The molecule has 1 aromatic rings. The number of carbonyl (C=O) groups is 2. The van der Waals surface area contributed by atoms with Crippen LogP contribution in [0.5, 0.6) is 0 Å². The number of allylic oxidation sites excluding steroid dienone is 1. The first-order chi connectivity index (χ1) is 7.65. The van der Waals surface area contributed by atoms with E-state index in [1.807, 2.05) is 0 Å². The van der Waals surface area contributed by atoms with E-state index in [0.29, 0.717) is 12.1 Å². The molecule has 1 N–H and O–H groups in total. The van der Waals surface area contributed by atoms with Gasteiger partial charge in [-0.15, -0.1) is 0 Å². The maximum atomic E-state index is 11.1. The minimum Gasteiger partial charge on any atom is -0.323 e. The molecule has 0 unspecified atom stereocenters. The van der Waals surface area contributed by atoms with Gasteiger partial charge in [-0.05, 0) is 29.8 Å². The molecule has 3 heteroatoms. The molecule has 0 aliphatic carbocycles. The molecule has 0 aliphatic rings.